The summed E-state index contributed by atoms with van der Waals surface area (Å²) in [6, 6.07) is 19.5. The summed E-state index contributed by atoms with van der Waals surface area (Å²) in [6.45, 7) is 2.86. The molecule has 2 fully saturated rings. The van der Waals surface area contributed by atoms with Crippen molar-refractivity contribution in [2.75, 3.05) is 13.1 Å². The largest absolute Gasteiger partial charge is 0.368 e. The van der Waals surface area contributed by atoms with Crippen LogP contribution in [0, 0.1) is 0 Å². The number of hydrogen-bond donors (Lipinski definition) is 2. The minimum absolute atomic E-state index is 0.0873. The third-order valence-electron chi connectivity index (χ3n) is 8.89. The van der Waals surface area contributed by atoms with Crippen LogP contribution in [-0.4, -0.2) is 58.7 Å². The van der Waals surface area contributed by atoms with Crippen LogP contribution in [0.4, 0.5) is 0 Å². The number of primary amides is 1. The molecule has 1 aliphatic heterocycles. The number of nitrogens with two attached hydrogens (primary N) is 1. The van der Waals surface area contributed by atoms with E-state index in [2.05, 4.69) is 5.32 Å². The predicted octanol–water partition coefficient (Wildman–Crippen LogP) is 5.39. The summed E-state index contributed by atoms with van der Waals surface area (Å²) >= 11 is 6.39. The zero-order valence-electron chi connectivity index (χ0n) is 24.3. The second kappa shape index (κ2) is 13.7. The van der Waals surface area contributed by atoms with Gasteiger partial charge in [0.15, 0.2) is 0 Å². The normalized spacial score (nSPS) is 20.9. The van der Waals surface area contributed by atoms with Gasteiger partial charge in [0.25, 0.3) is 5.91 Å². The molecule has 8 heteroatoms. The summed E-state index contributed by atoms with van der Waals surface area (Å²) in [5.74, 6) is -0.958. The van der Waals surface area contributed by atoms with Gasteiger partial charge in [-0.2, -0.15) is 0 Å². The van der Waals surface area contributed by atoms with Gasteiger partial charge < -0.3 is 20.9 Å². The van der Waals surface area contributed by atoms with Gasteiger partial charge in [-0.1, -0.05) is 85.5 Å². The molecule has 3 aromatic rings. The molecule has 1 heterocycles. The number of rotatable bonds is 9. The number of amides is 3. The zero-order chi connectivity index (χ0) is 29.6. The third-order valence-corrected chi connectivity index (χ3v) is 9.12. The SMILES string of the molecule is CC1CCN([C@H](Cc2cccc3ccccc23)C(N)=O)C(=O)C(c2cccc(Cl)c2)N1C(=O)CCNC1CCCCC1. The van der Waals surface area contributed by atoms with Crippen LogP contribution in [-0.2, 0) is 20.8 Å². The fourth-order valence-electron chi connectivity index (χ4n) is 6.65. The van der Waals surface area contributed by atoms with Crippen molar-refractivity contribution in [3.63, 3.8) is 0 Å². The van der Waals surface area contributed by atoms with Crippen molar-refractivity contribution in [1.29, 1.82) is 0 Å². The summed E-state index contributed by atoms with van der Waals surface area (Å²) in [7, 11) is 0. The fraction of sp³-hybridized carbons (Fsp3) is 0.441. The van der Waals surface area contributed by atoms with Gasteiger partial charge in [0.1, 0.15) is 12.1 Å². The summed E-state index contributed by atoms with van der Waals surface area (Å²) in [6.07, 6.45) is 7.10. The van der Waals surface area contributed by atoms with Crippen molar-refractivity contribution in [2.45, 2.75) is 82.5 Å². The molecule has 3 atom stereocenters. The van der Waals surface area contributed by atoms with Gasteiger partial charge in [0.05, 0.1) is 0 Å². The van der Waals surface area contributed by atoms with Gasteiger partial charge in [0.2, 0.25) is 11.8 Å². The molecular weight excluding hydrogens is 548 g/mol. The van der Waals surface area contributed by atoms with Crippen molar-refractivity contribution < 1.29 is 14.4 Å². The van der Waals surface area contributed by atoms with Crippen LogP contribution in [0.15, 0.2) is 66.7 Å². The molecule has 0 bridgehead atoms. The van der Waals surface area contributed by atoms with E-state index in [1.807, 2.05) is 55.5 Å². The molecule has 1 aliphatic carbocycles. The van der Waals surface area contributed by atoms with Crippen LogP contribution in [0.1, 0.15) is 69.0 Å². The Labute approximate surface area is 253 Å². The summed E-state index contributed by atoms with van der Waals surface area (Å²) in [5.41, 5.74) is 7.58. The molecule has 0 spiro atoms. The molecule has 7 nitrogen and oxygen atoms in total. The maximum atomic E-state index is 14.5. The average molecular weight is 589 g/mol. The van der Waals surface area contributed by atoms with Gasteiger partial charge in [-0.05, 0) is 60.2 Å². The number of carbonyl (C=O) groups excluding carboxylic acids is 3. The quantitative estimate of drug-likeness (QED) is 0.350. The van der Waals surface area contributed by atoms with E-state index in [0.717, 1.165) is 29.2 Å². The van der Waals surface area contributed by atoms with Gasteiger partial charge in [0, 0.05) is 43.0 Å². The van der Waals surface area contributed by atoms with Crippen molar-refractivity contribution in [3.05, 3.63) is 82.9 Å². The lowest BCUT2D eigenvalue weighted by Gasteiger charge is -2.36. The van der Waals surface area contributed by atoms with Crippen LogP contribution in [0.2, 0.25) is 5.02 Å². The van der Waals surface area contributed by atoms with Crippen molar-refractivity contribution in [1.82, 2.24) is 15.1 Å². The Morgan fingerprint density at radius 2 is 1.74 bits per heavy atom. The van der Waals surface area contributed by atoms with E-state index in [9.17, 15) is 14.4 Å². The highest BCUT2D eigenvalue weighted by atomic mass is 35.5. The molecule has 3 N–H and O–H groups in total. The Morgan fingerprint density at radius 3 is 2.50 bits per heavy atom. The van der Waals surface area contributed by atoms with Crippen LogP contribution < -0.4 is 11.1 Å². The number of nitrogens with zero attached hydrogens (tertiary/aromatic N) is 2. The molecule has 1 saturated carbocycles. The van der Waals surface area contributed by atoms with E-state index in [1.54, 1.807) is 28.0 Å². The van der Waals surface area contributed by atoms with Gasteiger partial charge in [-0.25, -0.2) is 0 Å². The first kappa shape index (κ1) is 30.1. The first-order chi connectivity index (χ1) is 20.3. The molecule has 5 rings (SSSR count). The number of benzene rings is 3. The molecule has 42 heavy (non-hydrogen) atoms. The Kier molecular flexibility index (Phi) is 9.80. The van der Waals surface area contributed by atoms with Gasteiger partial charge >= 0.3 is 0 Å². The molecule has 2 aliphatic rings. The van der Waals surface area contributed by atoms with Crippen LogP contribution >= 0.6 is 11.6 Å². The molecule has 3 aromatic carbocycles. The van der Waals surface area contributed by atoms with E-state index in [-0.39, 0.29) is 17.9 Å². The fourth-order valence-corrected chi connectivity index (χ4v) is 6.85. The lowest BCUT2D eigenvalue weighted by atomic mass is 9.95. The van der Waals surface area contributed by atoms with Crippen molar-refractivity contribution in [3.8, 4) is 0 Å². The minimum atomic E-state index is -0.905. The lowest BCUT2D eigenvalue weighted by molar-refractivity contribution is -0.148. The summed E-state index contributed by atoms with van der Waals surface area (Å²) < 4.78 is 0. The first-order valence-corrected chi connectivity index (χ1v) is 15.6. The Bertz CT molecular complexity index is 1420. The van der Waals surface area contributed by atoms with E-state index in [4.69, 9.17) is 17.3 Å². The zero-order valence-corrected chi connectivity index (χ0v) is 25.1. The molecule has 1 saturated heterocycles. The topological polar surface area (TPSA) is 95.7 Å². The minimum Gasteiger partial charge on any atom is -0.368 e. The number of nitrogens with one attached hydrogen (secondary N) is 1. The standard InChI is InChI=1S/C34H41ClN4O3/c1-23-18-20-38(30(33(36)41)22-25-11-7-10-24-9-5-6-16-29(24)25)34(42)32(26-12-8-13-27(35)21-26)39(23)31(40)17-19-37-28-14-3-2-4-15-28/h5-13,16,21,23,28,30,32,37H,2-4,14-15,17-20,22H2,1H3,(H2,36,41)/t23?,30-,32?/m1/s1. The monoisotopic (exact) mass is 588 g/mol. The van der Waals surface area contributed by atoms with E-state index >= 15 is 0 Å². The Hall–Kier alpha value is -3.42. The average Bonchev–Trinajstić information content (AvgIpc) is 3.11. The smallest absolute Gasteiger partial charge is 0.250 e. The molecule has 2 unspecified atom stereocenters. The van der Waals surface area contributed by atoms with Crippen LogP contribution in [0.3, 0.4) is 0 Å². The molecule has 3 amide bonds. The first-order valence-electron chi connectivity index (χ1n) is 15.2. The number of fused-ring (bicyclic) bond motifs is 1. The van der Waals surface area contributed by atoms with E-state index in [1.165, 1.54) is 19.3 Å². The van der Waals surface area contributed by atoms with Gasteiger partial charge in [-0.3, -0.25) is 14.4 Å². The number of halogens is 1. The van der Waals surface area contributed by atoms with E-state index < -0.39 is 18.0 Å². The molecule has 222 valence electrons. The highest BCUT2D eigenvalue weighted by Crippen LogP contribution is 2.33. The number of hydrogen-bond acceptors (Lipinski definition) is 4. The van der Waals surface area contributed by atoms with E-state index in [0.29, 0.717) is 49.0 Å². The van der Waals surface area contributed by atoms with Crippen molar-refractivity contribution >= 4 is 40.1 Å². The van der Waals surface area contributed by atoms with Crippen LogP contribution in [0.5, 0.6) is 0 Å². The summed E-state index contributed by atoms with van der Waals surface area (Å²) in [5, 5.41) is 6.12. The highest BCUT2D eigenvalue weighted by Gasteiger charge is 2.43. The Balaban J connectivity index is 1.44. The van der Waals surface area contributed by atoms with Crippen LogP contribution in [0.25, 0.3) is 10.8 Å². The predicted molar refractivity (Wildman–Crippen MR) is 167 cm³/mol. The third kappa shape index (κ3) is 6.79. The maximum absolute atomic E-state index is 14.5. The molecular formula is C34H41ClN4O3. The highest BCUT2D eigenvalue weighted by molar-refractivity contribution is 6.30. The second-order valence-corrected chi connectivity index (χ2v) is 12.2. The molecule has 0 radical (unpaired) electrons. The molecule has 0 aromatic heterocycles. The number of carbonyl (C=O) groups is 3. The summed E-state index contributed by atoms with van der Waals surface area (Å²) in [4.78, 5) is 44.7. The van der Waals surface area contributed by atoms with Crippen molar-refractivity contribution in [2.24, 2.45) is 5.73 Å². The Morgan fingerprint density at radius 1 is 1.00 bits per heavy atom. The maximum Gasteiger partial charge on any atom is 0.250 e. The second-order valence-electron chi connectivity index (χ2n) is 11.7. The van der Waals surface area contributed by atoms with Gasteiger partial charge in [-0.15, -0.1) is 0 Å². The lowest BCUT2D eigenvalue weighted by Crippen LogP contribution is -2.52.